The third-order valence-electron chi connectivity index (χ3n) is 7.60. The van der Waals surface area contributed by atoms with Crippen molar-refractivity contribution in [3.05, 3.63) is 78.1 Å². The Labute approximate surface area is 227 Å². The monoisotopic (exact) mass is 500 g/mol. The number of aryl methyl sites for hydroxylation is 3. The summed E-state index contributed by atoms with van der Waals surface area (Å²) in [6.45, 7) is 3.38. The molecule has 0 bridgehead atoms. The largest absolute Gasteiger partial charge is 0.331 e. The van der Waals surface area contributed by atoms with Crippen LogP contribution in [0.3, 0.4) is 0 Å². The lowest BCUT2D eigenvalue weighted by molar-refractivity contribution is 0.523. The zero-order valence-corrected chi connectivity index (χ0v) is 23.7. The molecule has 0 aliphatic heterocycles. The number of imidazole rings is 1. The van der Waals surface area contributed by atoms with E-state index in [1.807, 2.05) is 0 Å². The van der Waals surface area contributed by atoms with Gasteiger partial charge in [-0.15, -0.1) is 0 Å². The summed E-state index contributed by atoms with van der Waals surface area (Å²) in [5, 5.41) is 0. The number of aromatic nitrogens is 2. The Balaban J connectivity index is 1.30. The first-order valence-electron chi connectivity index (χ1n) is 15.5. The van der Waals surface area contributed by atoms with Crippen molar-refractivity contribution in [3.63, 3.8) is 0 Å². The van der Waals surface area contributed by atoms with Crippen LogP contribution in [0.4, 0.5) is 0 Å². The van der Waals surface area contributed by atoms with Crippen LogP contribution in [0, 0.1) is 0 Å². The van der Waals surface area contributed by atoms with Crippen molar-refractivity contribution < 1.29 is 0 Å². The number of nitrogens with zero attached hydrogens (tertiary/aromatic N) is 2. The Morgan fingerprint density at radius 2 is 1.05 bits per heavy atom. The van der Waals surface area contributed by atoms with Crippen molar-refractivity contribution in [1.82, 2.24) is 9.55 Å². The topological polar surface area (TPSA) is 17.8 Å². The SMILES string of the molecule is CCCCCCCCCCCCCCCCCn1cc(CCCc2ccccc2)nc1-c1ccccc1. The van der Waals surface area contributed by atoms with Gasteiger partial charge in [-0.05, 0) is 31.2 Å². The molecule has 0 N–H and O–H groups in total. The average molecular weight is 501 g/mol. The highest BCUT2D eigenvalue weighted by atomic mass is 15.1. The Bertz CT molecular complexity index is 928. The summed E-state index contributed by atoms with van der Waals surface area (Å²) in [6, 6.07) is 21.5. The van der Waals surface area contributed by atoms with E-state index in [4.69, 9.17) is 4.98 Å². The molecule has 2 heteroatoms. The van der Waals surface area contributed by atoms with Crippen LogP contribution in [0.2, 0.25) is 0 Å². The molecule has 2 aromatic carbocycles. The van der Waals surface area contributed by atoms with Crippen LogP contribution in [0.25, 0.3) is 11.4 Å². The van der Waals surface area contributed by atoms with Gasteiger partial charge in [-0.25, -0.2) is 4.98 Å². The summed E-state index contributed by atoms with van der Waals surface area (Å²) >= 11 is 0. The van der Waals surface area contributed by atoms with Crippen LogP contribution >= 0.6 is 0 Å². The molecule has 1 heterocycles. The van der Waals surface area contributed by atoms with Crippen molar-refractivity contribution >= 4 is 0 Å². The van der Waals surface area contributed by atoms with E-state index in [9.17, 15) is 0 Å². The van der Waals surface area contributed by atoms with Crippen molar-refractivity contribution in [1.29, 1.82) is 0 Å². The molecule has 3 aromatic rings. The Morgan fingerprint density at radius 1 is 0.541 bits per heavy atom. The molecule has 0 radical (unpaired) electrons. The summed E-state index contributed by atoms with van der Waals surface area (Å²) in [5.41, 5.74) is 3.89. The minimum absolute atomic E-state index is 1.04. The molecular weight excluding hydrogens is 448 g/mol. The Hall–Kier alpha value is -2.35. The zero-order valence-electron chi connectivity index (χ0n) is 23.7. The number of hydrogen-bond acceptors (Lipinski definition) is 1. The van der Waals surface area contributed by atoms with E-state index < -0.39 is 0 Å². The molecule has 0 spiro atoms. The third-order valence-corrected chi connectivity index (χ3v) is 7.60. The highest BCUT2D eigenvalue weighted by Crippen LogP contribution is 2.21. The molecule has 0 aliphatic carbocycles. The first-order chi connectivity index (χ1) is 18.4. The van der Waals surface area contributed by atoms with Crippen molar-refractivity contribution in [3.8, 4) is 11.4 Å². The van der Waals surface area contributed by atoms with Crippen LogP contribution in [-0.4, -0.2) is 9.55 Å². The second-order valence-corrected chi connectivity index (χ2v) is 10.9. The first kappa shape index (κ1) is 29.2. The van der Waals surface area contributed by atoms with E-state index in [0.717, 1.165) is 31.6 Å². The standard InChI is InChI=1S/C35H52N2/c1-2-3-4-5-6-7-8-9-10-11-12-13-14-15-22-30-37-31-34(29-23-26-32-24-18-16-19-25-32)36-35(37)33-27-20-17-21-28-33/h16-21,24-25,27-28,31H,2-15,22-23,26,29-30H2,1H3. The fourth-order valence-electron chi connectivity index (χ4n) is 5.35. The minimum atomic E-state index is 1.04. The second kappa shape index (κ2) is 18.8. The molecule has 0 aliphatic rings. The molecule has 0 amide bonds. The molecule has 0 fully saturated rings. The van der Waals surface area contributed by atoms with Crippen LogP contribution < -0.4 is 0 Å². The summed E-state index contributed by atoms with van der Waals surface area (Å²) in [4.78, 5) is 5.06. The van der Waals surface area contributed by atoms with Gasteiger partial charge < -0.3 is 4.57 Å². The van der Waals surface area contributed by atoms with E-state index in [0.29, 0.717) is 0 Å². The molecule has 202 valence electrons. The maximum absolute atomic E-state index is 5.06. The molecule has 3 rings (SSSR count). The summed E-state index contributed by atoms with van der Waals surface area (Å²) in [5.74, 6) is 1.14. The number of rotatable bonds is 21. The summed E-state index contributed by atoms with van der Waals surface area (Å²) in [6.07, 6.45) is 26.8. The molecular formula is C35H52N2. The number of hydrogen-bond donors (Lipinski definition) is 0. The van der Waals surface area contributed by atoms with Gasteiger partial charge >= 0.3 is 0 Å². The van der Waals surface area contributed by atoms with Crippen LogP contribution in [0.1, 0.15) is 121 Å². The fraction of sp³-hybridized carbons (Fsp3) is 0.571. The molecule has 0 saturated heterocycles. The van der Waals surface area contributed by atoms with Crippen LogP contribution in [0.15, 0.2) is 66.9 Å². The highest BCUT2D eigenvalue weighted by molar-refractivity contribution is 5.55. The molecule has 0 saturated carbocycles. The maximum Gasteiger partial charge on any atom is 0.140 e. The predicted octanol–water partition coefficient (Wildman–Crippen LogP) is 10.6. The Morgan fingerprint density at radius 3 is 1.62 bits per heavy atom. The second-order valence-electron chi connectivity index (χ2n) is 10.9. The summed E-state index contributed by atoms with van der Waals surface area (Å²) in [7, 11) is 0. The molecule has 0 unspecified atom stereocenters. The van der Waals surface area contributed by atoms with Crippen molar-refractivity contribution in [2.24, 2.45) is 0 Å². The number of unbranched alkanes of at least 4 members (excludes halogenated alkanes) is 14. The maximum atomic E-state index is 5.06. The van der Waals surface area contributed by atoms with E-state index in [1.54, 1.807) is 0 Å². The van der Waals surface area contributed by atoms with E-state index >= 15 is 0 Å². The Kier molecular flexibility index (Phi) is 14.9. The molecule has 1 aromatic heterocycles. The van der Waals surface area contributed by atoms with Gasteiger partial charge in [0, 0.05) is 18.3 Å². The van der Waals surface area contributed by atoms with Crippen molar-refractivity contribution in [2.75, 3.05) is 0 Å². The van der Waals surface area contributed by atoms with Crippen molar-refractivity contribution in [2.45, 2.75) is 129 Å². The normalized spacial score (nSPS) is 11.3. The average Bonchev–Trinajstić information content (AvgIpc) is 3.35. The smallest absolute Gasteiger partial charge is 0.140 e. The van der Waals surface area contributed by atoms with Gasteiger partial charge in [-0.1, -0.05) is 157 Å². The summed E-state index contributed by atoms with van der Waals surface area (Å²) < 4.78 is 2.41. The van der Waals surface area contributed by atoms with E-state index in [-0.39, 0.29) is 0 Å². The van der Waals surface area contributed by atoms with Gasteiger partial charge in [0.2, 0.25) is 0 Å². The fourth-order valence-corrected chi connectivity index (χ4v) is 5.35. The van der Waals surface area contributed by atoms with Crippen LogP contribution in [-0.2, 0) is 19.4 Å². The first-order valence-corrected chi connectivity index (χ1v) is 15.5. The van der Waals surface area contributed by atoms with Gasteiger partial charge in [-0.3, -0.25) is 0 Å². The predicted molar refractivity (Wildman–Crippen MR) is 161 cm³/mol. The van der Waals surface area contributed by atoms with E-state index in [2.05, 4.69) is 78.4 Å². The van der Waals surface area contributed by atoms with E-state index in [1.165, 1.54) is 113 Å². The lowest BCUT2D eigenvalue weighted by Gasteiger charge is -2.08. The highest BCUT2D eigenvalue weighted by Gasteiger charge is 2.10. The lowest BCUT2D eigenvalue weighted by atomic mass is 10.0. The van der Waals surface area contributed by atoms with Gasteiger partial charge in [-0.2, -0.15) is 0 Å². The van der Waals surface area contributed by atoms with Gasteiger partial charge in [0.25, 0.3) is 0 Å². The molecule has 0 atom stereocenters. The number of benzene rings is 2. The molecule has 37 heavy (non-hydrogen) atoms. The quantitative estimate of drug-likeness (QED) is 0.133. The molecule has 2 nitrogen and oxygen atoms in total. The van der Waals surface area contributed by atoms with Gasteiger partial charge in [0.05, 0.1) is 5.69 Å². The van der Waals surface area contributed by atoms with Gasteiger partial charge in [0.1, 0.15) is 5.82 Å². The lowest BCUT2D eigenvalue weighted by Crippen LogP contribution is -1.99. The zero-order chi connectivity index (χ0) is 25.8. The minimum Gasteiger partial charge on any atom is -0.331 e. The van der Waals surface area contributed by atoms with Gasteiger partial charge in [0.15, 0.2) is 0 Å². The van der Waals surface area contributed by atoms with Crippen LogP contribution in [0.5, 0.6) is 0 Å². The third kappa shape index (κ3) is 12.2.